The average Bonchev–Trinajstić information content (AvgIpc) is 3.43. The number of fused-ring (bicyclic) bond motifs is 1. The predicted octanol–water partition coefficient (Wildman–Crippen LogP) is 2.79. The third kappa shape index (κ3) is 6.70. The fourth-order valence-electron chi connectivity index (χ4n) is 7.91. The zero-order valence-electron chi connectivity index (χ0n) is 30.7. The van der Waals surface area contributed by atoms with Crippen molar-refractivity contribution >= 4 is 27.6 Å². The molecule has 0 spiro atoms. The molecule has 286 valence electrons. The molecule has 54 heavy (non-hydrogen) atoms. The van der Waals surface area contributed by atoms with Crippen molar-refractivity contribution in [3.8, 4) is 23.4 Å². The number of sulfonamides is 1. The molecule has 7 rings (SSSR count). The Morgan fingerprint density at radius 2 is 1.78 bits per heavy atom. The number of amides is 3. The quantitative estimate of drug-likeness (QED) is 0.304. The number of piperazine rings is 1. The van der Waals surface area contributed by atoms with Gasteiger partial charge in [-0.25, -0.2) is 18.2 Å². The minimum Gasteiger partial charge on any atom is -0.497 e. The standard InChI is InChI=1S/C38H45N7O8S/c1-4-53-35-30(6-5-13-40-35)38(41-37(47)44-18-16-43(17-19-44)28-11-14-42(15-12-28)23-27-24-52-25-27)31-20-26(22-39)7-9-32(31)45(36(38)46)54(48,49)34-10-8-29(50-2)21-33(34)51-3/h5-10,13,20-21,27-28H,4,11-12,14-19,23-25H2,1-3H3,(H,41,47)/t38-/m1/s1. The molecule has 1 aromatic heterocycles. The van der Waals surface area contributed by atoms with Crippen molar-refractivity contribution in [2.75, 3.05) is 84.2 Å². The van der Waals surface area contributed by atoms with Crippen LogP contribution in [-0.4, -0.2) is 126 Å². The van der Waals surface area contributed by atoms with Gasteiger partial charge >= 0.3 is 6.03 Å². The third-order valence-corrected chi connectivity index (χ3v) is 12.5. The first-order chi connectivity index (χ1) is 26.1. The largest absolute Gasteiger partial charge is 0.497 e. The molecule has 15 nitrogen and oxygen atoms in total. The molecule has 0 bridgehead atoms. The summed E-state index contributed by atoms with van der Waals surface area (Å²) in [6.07, 6.45) is 3.60. The van der Waals surface area contributed by atoms with E-state index in [2.05, 4.69) is 26.2 Å². The molecule has 2 aromatic carbocycles. The van der Waals surface area contributed by atoms with Gasteiger partial charge in [0.1, 0.15) is 16.4 Å². The molecule has 3 aromatic rings. The van der Waals surface area contributed by atoms with Crippen LogP contribution in [0.1, 0.15) is 36.5 Å². The van der Waals surface area contributed by atoms with E-state index >= 15 is 4.79 Å². The summed E-state index contributed by atoms with van der Waals surface area (Å²) >= 11 is 0. The minimum atomic E-state index is -4.70. The summed E-state index contributed by atoms with van der Waals surface area (Å²) < 4.78 is 52.0. The van der Waals surface area contributed by atoms with Crippen LogP contribution in [0, 0.1) is 17.2 Å². The fraction of sp³-hybridized carbons (Fsp3) is 0.474. The number of urea groups is 1. The lowest BCUT2D eigenvalue weighted by Crippen LogP contribution is -2.61. The molecule has 0 aliphatic carbocycles. The lowest BCUT2D eigenvalue weighted by Gasteiger charge is -2.44. The summed E-state index contributed by atoms with van der Waals surface area (Å²) in [5.74, 6) is -0.0329. The van der Waals surface area contributed by atoms with Crippen LogP contribution in [0.5, 0.6) is 17.4 Å². The number of benzene rings is 2. The summed E-state index contributed by atoms with van der Waals surface area (Å²) in [7, 11) is -1.95. The van der Waals surface area contributed by atoms with Crippen molar-refractivity contribution in [1.82, 2.24) is 25.0 Å². The molecule has 1 N–H and O–H groups in total. The fourth-order valence-corrected chi connectivity index (χ4v) is 9.52. The van der Waals surface area contributed by atoms with Gasteiger partial charge in [0.25, 0.3) is 15.9 Å². The number of carbonyl (C=O) groups is 2. The van der Waals surface area contributed by atoms with Gasteiger partial charge in [-0.05, 0) is 75.3 Å². The number of hydrogen-bond donors (Lipinski definition) is 1. The van der Waals surface area contributed by atoms with Crippen molar-refractivity contribution in [3.63, 3.8) is 0 Å². The molecular formula is C38H45N7O8S. The normalized spacial score (nSPS) is 21.3. The minimum absolute atomic E-state index is 0.0317. The molecule has 3 amide bonds. The highest BCUT2D eigenvalue weighted by Crippen LogP contribution is 2.50. The highest BCUT2D eigenvalue weighted by atomic mass is 32.2. The third-order valence-electron chi connectivity index (χ3n) is 10.8. The second kappa shape index (κ2) is 15.4. The SMILES string of the molecule is CCOc1ncccc1[C@]1(NC(=O)N2CCN(C3CCN(CC4COC4)CC3)CC2)C(=O)N(S(=O)(=O)c2ccc(OC)cc2OC)c2ccc(C#N)cc21. The maximum absolute atomic E-state index is 15.2. The number of nitrogens with zero attached hydrogens (tertiary/aromatic N) is 6. The number of piperidine rings is 1. The number of methoxy groups -OCH3 is 2. The first-order valence-electron chi connectivity index (χ1n) is 18.2. The summed E-state index contributed by atoms with van der Waals surface area (Å²) in [6, 6.07) is 13.5. The van der Waals surface area contributed by atoms with E-state index in [1.54, 1.807) is 24.0 Å². The van der Waals surface area contributed by atoms with Crippen LogP contribution < -0.4 is 23.8 Å². The van der Waals surface area contributed by atoms with Crippen molar-refractivity contribution < 1.29 is 37.0 Å². The summed E-state index contributed by atoms with van der Waals surface area (Å²) in [5.41, 5.74) is -1.82. The number of aromatic nitrogens is 1. The highest BCUT2D eigenvalue weighted by Gasteiger charge is 2.59. The van der Waals surface area contributed by atoms with E-state index in [1.807, 2.05) is 0 Å². The molecule has 3 saturated heterocycles. The number of anilines is 1. The van der Waals surface area contributed by atoms with Gasteiger partial charge in [-0.3, -0.25) is 9.69 Å². The molecule has 3 fully saturated rings. The molecule has 0 saturated carbocycles. The van der Waals surface area contributed by atoms with Gasteiger partial charge < -0.3 is 34.1 Å². The molecule has 16 heteroatoms. The lowest BCUT2D eigenvalue weighted by atomic mass is 9.83. The topological polar surface area (TPSA) is 167 Å². The van der Waals surface area contributed by atoms with E-state index in [9.17, 15) is 18.5 Å². The molecule has 4 aliphatic heterocycles. The van der Waals surface area contributed by atoms with Crippen LogP contribution >= 0.6 is 0 Å². The van der Waals surface area contributed by atoms with Crippen LogP contribution in [0.4, 0.5) is 10.5 Å². The first kappa shape index (κ1) is 37.4. The molecule has 0 radical (unpaired) electrons. The van der Waals surface area contributed by atoms with E-state index in [0.29, 0.717) is 48.2 Å². The number of likely N-dealkylation sites (tertiary alicyclic amines) is 1. The van der Waals surface area contributed by atoms with Crippen molar-refractivity contribution in [3.05, 3.63) is 71.4 Å². The van der Waals surface area contributed by atoms with E-state index in [1.165, 1.54) is 56.8 Å². The number of nitrogens with one attached hydrogen (secondary N) is 1. The number of rotatable bonds is 11. The van der Waals surface area contributed by atoms with Gasteiger partial charge in [-0.1, -0.05) is 0 Å². The van der Waals surface area contributed by atoms with Crippen molar-refractivity contribution in [1.29, 1.82) is 5.26 Å². The van der Waals surface area contributed by atoms with Crippen LogP contribution in [0.2, 0.25) is 0 Å². The summed E-state index contributed by atoms with van der Waals surface area (Å²) in [5, 5.41) is 13.0. The van der Waals surface area contributed by atoms with Crippen molar-refractivity contribution in [2.24, 2.45) is 5.92 Å². The van der Waals surface area contributed by atoms with Gasteiger partial charge in [0.2, 0.25) is 5.88 Å². The lowest BCUT2D eigenvalue weighted by molar-refractivity contribution is -0.121. The number of ether oxygens (including phenoxy) is 4. The zero-order chi connectivity index (χ0) is 38.0. The van der Waals surface area contributed by atoms with Crippen LogP contribution in [0.15, 0.2) is 59.6 Å². The Bertz CT molecular complexity index is 2040. The van der Waals surface area contributed by atoms with Gasteiger partial charge in [0.15, 0.2) is 5.54 Å². The van der Waals surface area contributed by atoms with E-state index in [4.69, 9.17) is 18.9 Å². The summed E-state index contributed by atoms with van der Waals surface area (Å²) in [4.78, 5) is 40.4. The molecule has 5 heterocycles. The number of carbonyl (C=O) groups excluding carboxylic acids is 2. The van der Waals surface area contributed by atoms with Crippen LogP contribution in [0.25, 0.3) is 0 Å². The first-order valence-corrected chi connectivity index (χ1v) is 19.6. The second-order valence-electron chi connectivity index (χ2n) is 13.9. The van der Waals surface area contributed by atoms with Gasteiger partial charge in [-0.2, -0.15) is 9.57 Å². The molecule has 4 aliphatic rings. The Balaban J connectivity index is 1.22. The highest BCUT2D eigenvalue weighted by molar-refractivity contribution is 7.93. The average molecular weight is 760 g/mol. The monoisotopic (exact) mass is 759 g/mol. The Morgan fingerprint density at radius 1 is 1.02 bits per heavy atom. The van der Waals surface area contributed by atoms with Gasteiger partial charge in [0.05, 0.1) is 56.9 Å². The van der Waals surface area contributed by atoms with Crippen LogP contribution in [-0.2, 0) is 25.1 Å². The second-order valence-corrected chi connectivity index (χ2v) is 15.6. The molecule has 0 unspecified atom stereocenters. The number of pyridine rings is 1. The Labute approximate surface area is 315 Å². The molecule has 1 atom stereocenters. The Morgan fingerprint density at radius 3 is 2.43 bits per heavy atom. The van der Waals surface area contributed by atoms with Gasteiger partial charge in [0, 0.05) is 62.5 Å². The van der Waals surface area contributed by atoms with Crippen molar-refractivity contribution in [2.45, 2.75) is 36.2 Å². The zero-order valence-corrected chi connectivity index (χ0v) is 31.5. The number of nitriles is 1. The van der Waals surface area contributed by atoms with Gasteiger partial charge in [-0.15, -0.1) is 0 Å². The maximum atomic E-state index is 15.2. The van der Waals surface area contributed by atoms with E-state index < -0.39 is 27.5 Å². The predicted molar refractivity (Wildman–Crippen MR) is 197 cm³/mol. The van der Waals surface area contributed by atoms with Crippen LogP contribution in [0.3, 0.4) is 0 Å². The van der Waals surface area contributed by atoms with E-state index in [0.717, 1.165) is 45.7 Å². The smallest absolute Gasteiger partial charge is 0.318 e. The summed E-state index contributed by atoms with van der Waals surface area (Å²) in [6.45, 7) is 8.87. The number of hydrogen-bond acceptors (Lipinski definition) is 12. The molecular weight excluding hydrogens is 715 g/mol. The maximum Gasteiger partial charge on any atom is 0.318 e. The van der Waals surface area contributed by atoms with E-state index in [-0.39, 0.29) is 45.5 Å². The Hall–Kier alpha value is -4.95. The Kier molecular flexibility index (Phi) is 10.7.